The average molecular weight is 912 g/mol. The smallest absolute Gasteiger partial charge is 0.416 e. The van der Waals surface area contributed by atoms with E-state index in [9.17, 15) is 37.8 Å². The zero-order chi connectivity index (χ0) is 42.3. The highest BCUT2D eigenvalue weighted by atomic mass is 127. The summed E-state index contributed by atoms with van der Waals surface area (Å²) in [5, 5.41) is 30.4. The zero-order valence-electron chi connectivity index (χ0n) is 31.9. The van der Waals surface area contributed by atoms with Crippen molar-refractivity contribution < 1.29 is 42.9 Å². The average Bonchev–Trinajstić information content (AvgIpc) is 3.70. The lowest BCUT2D eigenvalue weighted by Gasteiger charge is -2.09. The Hall–Kier alpha value is -6.35. The summed E-state index contributed by atoms with van der Waals surface area (Å²) in [6.45, 7) is 5.76. The van der Waals surface area contributed by atoms with Gasteiger partial charge in [0.1, 0.15) is 17.1 Å². The Kier molecular flexibility index (Phi) is 11.2. The molecule has 59 heavy (non-hydrogen) atoms. The molecule has 3 aromatic heterocycles. The lowest BCUT2D eigenvalue weighted by Crippen LogP contribution is -2.05. The molecule has 0 radical (unpaired) electrons. The minimum atomic E-state index is -4.48. The third-order valence-corrected chi connectivity index (χ3v) is 11.6. The predicted molar refractivity (Wildman–Crippen MR) is 231 cm³/mol. The third kappa shape index (κ3) is 8.19. The van der Waals surface area contributed by atoms with Gasteiger partial charge in [0.15, 0.2) is 0 Å². The first-order valence-corrected chi connectivity index (χ1v) is 19.6. The summed E-state index contributed by atoms with van der Waals surface area (Å²) in [7, 11) is 0. The monoisotopic (exact) mass is 911 g/mol. The summed E-state index contributed by atoms with van der Waals surface area (Å²) in [6.07, 6.45) is -1.95. The second kappa shape index (κ2) is 16.1. The van der Waals surface area contributed by atoms with Crippen molar-refractivity contribution in [1.29, 1.82) is 0 Å². The Morgan fingerprint density at radius 3 is 1.44 bits per heavy atom. The van der Waals surface area contributed by atoms with Crippen LogP contribution in [0.15, 0.2) is 103 Å². The molecular weight excluding hydrogens is 874 g/mol. The lowest BCUT2D eigenvalue weighted by atomic mass is 9.98. The van der Waals surface area contributed by atoms with Gasteiger partial charge in [0, 0.05) is 38.3 Å². The number of aromatic amines is 3. The normalized spacial score (nSPS) is 12.5. The van der Waals surface area contributed by atoms with Gasteiger partial charge in [-0.05, 0) is 108 Å². The number of alkyl halides is 3. The van der Waals surface area contributed by atoms with Gasteiger partial charge in [-0.3, -0.25) is 0 Å². The molecule has 1 aliphatic carbocycles. The third-order valence-electron chi connectivity index (χ3n) is 10.4. The minimum absolute atomic E-state index is 0.117. The first-order valence-electron chi connectivity index (χ1n) is 18.5. The number of hydrogen-bond acceptors (Lipinski definition) is 3. The van der Waals surface area contributed by atoms with Crippen LogP contribution in [-0.4, -0.2) is 48.2 Å². The molecule has 0 bridgehead atoms. The molecule has 3 heterocycles. The molecule has 9 rings (SSSR count). The number of fused-ring (bicyclic) bond motifs is 3. The number of halogens is 4. The summed E-state index contributed by atoms with van der Waals surface area (Å²) < 4.78 is 39.5. The van der Waals surface area contributed by atoms with Crippen LogP contribution in [0.4, 0.5) is 13.2 Å². The number of aryl methyl sites for hydroxylation is 3. The van der Waals surface area contributed by atoms with Gasteiger partial charge in [-0.25, -0.2) is 14.4 Å². The number of hydrogen-bond donors (Lipinski definition) is 6. The minimum Gasteiger partial charge on any atom is -0.477 e. The second-order valence-electron chi connectivity index (χ2n) is 14.4. The molecule has 0 saturated heterocycles. The van der Waals surface area contributed by atoms with Crippen LogP contribution >= 0.6 is 22.6 Å². The van der Waals surface area contributed by atoms with Gasteiger partial charge in [-0.2, -0.15) is 13.2 Å². The fraction of sp³-hybridized carbons (Fsp3) is 0.152. The molecule has 1 saturated carbocycles. The summed E-state index contributed by atoms with van der Waals surface area (Å²) in [5.41, 5.74) is 8.56. The van der Waals surface area contributed by atoms with Crippen molar-refractivity contribution in [2.75, 3.05) is 0 Å². The van der Waals surface area contributed by atoms with Gasteiger partial charge in [0.05, 0.1) is 14.7 Å². The van der Waals surface area contributed by atoms with Crippen LogP contribution in [0, 0.1) is 24.3 Å². The van der Waals surface area contributed by atoms with Crippen molar-refractivity contribution >= 4 is 73.2 Å². The van der Waals surface area contributed by atoms with Gasteiger partial charge >= 0.3 is 24.1 Å². The molecule has 0 amide bonds. The molecule has 0 atom stereocenters. The number of benzene rings is 5. The Morgan fingerprint density at radius 1 is 0.576 bits per heavy atom. The van der Waals surface area contributed by atoms with Crippen molar-refractivity contribution in [3.8, 4) is 22.3 Å². The highest BCUT2D eigenvalue weighted by Crippen LogP contribution is 2.42. The molecule has 8 aromatic rings. The number of aromatic carboxylic acids is 3. The van der Waals surface area contributed by atoms with Gasteiger partial charge in [0.25, 0.3) is 0 Å². The van der Waals surface area contributed by atoms with Crippen molar-refractivity contribution in [2.45, 2.75) is 45.7 Å². The van der Waals surface area contributed by atoms with Gasteiger partial charge < -0.3 is 30.3 Å². The van der Waals surface area contributed by atoms with E-state index in [0.29, 0.717) is 16.8 Å². The van der Waals surface area contributed by atoms with E-state index in [0.717, 1.165) is 65.3 Å². The number of H-pyrrole nitrogens is 3. The molecule has 1 aliphatic rings. The molecule has 9 nitrogen and oxygen atoms in total. The Labute approximate surface area is 349 Å². The van der Waals surface area contributed by atoms with E-state index in [1.54, 1.807) is 25.1 Å². The largest absolute Gasteiger partial charge is 0.477 e. The van der Waals surface area contributed by atoms with E-state index >= 15 is 0 Å². The molecule has 1 fully saturated rings. The van der Waals surface area contributed by atoms with Crippen molar-refractivity contribution in [3.05, 3.63) is 152 Å². The van der Waals surface area contributed by atoms with E-state index in [-0.39, 0.29) is 28.2 Å². The Bertz CT molecular complexity index is 2920. The maximum Gasteiger partial charge on any atom is 0.416 e. The van der Waals surface area contributed by atoms with Crippen LogP contribution in [0.1, 0.15) is 78.0 Å². The van der Waals surface area contributed by atoms with Crippen LogP contribution in [-0.2, 0) is 6.18 Å². The fourth-order valence-electron chi connectivity index (χ4n) is 7.32. The van der Waals surface area contributed by atoms with E-state index in [1.165, 1.54) is 30.5 Å². The number of rotatable bonds is 6. The molecular formula is C46H37F3IN3O6. The van der Waals surface area contributed by atoms with Crippen molar-refractivity contribution in [2.24, 2.45) is 0 Å². The van der Waals surface area contributed by atoms with Gasteiger partial charge in [-0.1, -0.05) is 91.0 Å². The van der Waals surface area contributed by atoms with Crippen LogP contribution in [0.5, 0.6) is 0 Å². The fourth-order valence-corrected chi connectivity index (χ4v) is 8.13. The van der Waals surface area contributed by atoms with E-state index < -0.39 is 29.6 Å². The van der Waals surface area contributed by atoms with E-state index in [1.807, 2.05) is 62.4 Å². The molecule has 5 aromatic carbocycles. The summed E-state index contributed by atoms with van der Waals surface area (Å²) in [6, 6.07) is 30.0. The maximum atomic E-state index is 12.9. The first-order chi connectivity index (χ1) is 28.0. The second-order valence-corrected chi connectivity index (χ2v) is 15.5. The quantitative estimate of drug-likeness (QED) is 0.0911. The highest BCUT2D eigenvalue weighted by molar-refractivity contribution is 14.1. The highest BCUT2D eigenvalue weighted by Gasteiger charge is 2.31. The van der Waals surface area contributed by atoms with E-state index in [4.69, 9.17) is 5.11 Å². The molecule has 0 unspecified atom stereocenters. The number of carboxylic acid groups (broad SMARTS) is 3. The van der Waals surface area contributed by atoms with Crippen LogP contribution in [0.3, 0.4) is 0 Å². The number of carbonyl (C=O) groups is 3. The standard InChI is InChI=1S/C19H17NO2.C17H12F3NO2.C10H8INO2/c1-11-3-2-4-15-16(18(19(21)22)20-17(11)15)14-9-7-13(8-10-14)12-5-6-12;1-9-4-2-7-12-13(15(16(22)23)21-14(9)12)10-5-3-6-11(8-10)17(18,19)20;1-5-3-2-4-6-7(11)9(10(13)14)12-8(5)6/h2-4,7-10,12,20H,5-6H2,1H3,(H,21,22);2-8,21H,1H3,(H,22,23);2-4,12H,1H3,(H,13,14). The van der Waals surface area contributed by atoms with Crippen molar-refractivity contribution in [1.82, 2.24) is 15.0 Å². The predicted octanol–water partition coefficient (Wildman–Crippen LogP) is 12.4. The summed E-state index contributed by atoms with van der Waals surface area (Å²) in [5.74, 6) is -2.34. The van der Waals surface area contributed by atoms with E-state index in [2.05, 4.69) is 49.7 Å². The number of aromatic nitrogens is 3. The van der Waals surface area contributed by atoms with Crippen LogP contribution in [0.25, 0.3) is 55.0 Å². The molecule has 0 aliphatic heterocycles. The SMILES string of the molecule is Cc1cccc2c(-c3ccc(C4CC4)cc3)c(C(=O)O)[nH]c12.Cc1cccc2c(-c3cccc(C(F)(F)F)c3)c(C(=O)O)[nH]c12.Cc1cccc2c(I)c(C(=O)O)[nH]c12. The molecule has 0 spiro atoms. The van der Waals surface area contributed by atoms with Gasteiger partial charge in [0.2, 0.25) is 0 Å². The Balaban J connectivity index is 0.000000138. The molecule has 13 heteroatoms. The van der Waals surface area contributed by atoms with Crippen LogP contribution < -0.4 is 0 Å². The topological polar surface area (TPSA) is 159 Å². The Morgan fingerprint density at radius 2 is 1.00 bits per heavy atom. The zero-order valence-corrected chi connectivity index (χ0v) is 34.0. The summed E-state index contributed by atoms with van der Waals surface area (Å²) >= 11 is 2.05. The molecule has 6 N–H and O–H groups in total. The van der Waals surface area contributed by atoms with Gasteiger partial charge in [-0.15, -0.1) is 0 Å². The number of nitrogens with one attached hydrogen (secondary N) is 3. The number of carboxylic acids is 3. The summed E-state index contributed by atoms with van der Waals surface area (Å²) in [4.78, 5) is 42.8. The van der Waals surface area contributed by atoms with Crippen LogP contribution in [0.2, 0.25) is 0 Å². The molecule has 300 valence electrons. The maximum absolute atomic E-state index is 12.9. The lowest BCUT2D eigenvalue weighted by molar-refractivity contribution is -0.137. The first kappa shape index (κ1) is 40.8. The number of para-hydroxylation sites is 3. The van der Waals surface area contributed by atoms with Crippen molar-refractivity contribution in [3.63, 3.8) is 0 Å².